The highest BCUT2D eigenvalue weighted by molar-refractivity contribution is 9.10. The van der Waals surface area contributed by atoms with Crippen molar-refractivity contribution in [3.05, 3.63) is 68.2 Å². The SMILES string of the molecule is O=[N+]([O-])c1ccc(CNc2c(F)cccc2F)c(Br)c1. The second kappa shape index (κ2) is 5.96. The van der Waals surface area contributed by atoms with E-state index in [1.807, 2.05) is 0 Å². The lowest BCUT2D eigenvalue weighted by molar-refractivity contribution is -0.384. The molecule has 0 radical (unpaired) electrons. The van der Waals surface area contributed by atoms with Crippen molar-refractivity contribution in [1.82, 2.24) is 0 Å². The van der Waals surface area contributed by atoms with Gasteiger partial charge < -0.3 is 5.32 Å². The number of non-ortho nitro benzene ring substituents is 1. The maximum atomic E-state index is 13.4. The van der Waals surface area contributed by atoms with E-state index in [1.54, 1.807) is 0 Å². The van der Waals surface area contributed by atoms with Gasteiger partial charge in [0.1, 0.15) is 17.3 Å². The van der Waals surface area contributed by atoms with Crippen molar-refractivity contribution in [3.8, 4) is 0 Å². The molecule has 1 N–H and O–H groups in total. The maximum absolute atomic E-state index is 13.4. The van der Waals surface area contributed by atoms with Crippen molar-refractivity contribution in [1.29, 1.82) is 0 Å². The number of nitrogens with zero attached hydrogens (tertiary/aromatic N) is 1. The van der Waals surface area contributed by atoms with E-state index in [0.29, 0.717) is 10.0 Å². The number of para-hydroxylation sites is 1. The van der Waals surface area contributed by atoms with Gasteiger partial charge in [-0.2, -0.15) is 0 Å². The predicted octanol–water partition coefficient (Wildman–Crippen LogP) is 4.25. The van der Waals surface area contributed by atoms with Crippen LogP contribution in [-0.4, -0.2) is 4.92 Å². The third-order valence-electron chi connectivity index (χ3n) is 2.67. The Morgan fingerprint density at radius 2 is 1.85 bits per heavy atom. The summed E-state index contributed by atoms with van der Waals surface area (Å²) < 4.78 is 27.3. The molecule has 0 saturated heterocycles. The van der Waals surface area contributed by atoms with E-state index < -0.39 is 16.6 Å². The molecule has 4 nitrogen and oxygen atoms in total. The van der Waals surface area contributed by atoms with Crippen molar-refractivity contribution >= 4 is 27.3 Å². The minimum absolute atomic E-state index is 0.0577. The third-order valence-corrected chi connectivity index (χ3v) is 3.40. The molecule has 20 heavy (non-hydrogen) atoms. The topological polar surface area (TPSA) is 55.2 Å². The van der Waals surface area contributed by atoms with Crippen LogP contribution in [0.3, 0.4) is 0 Å². The van der Waals surface area contributed by atoms with Crippen LogP contribution >= 0.6 is 15.9 Å². The Bertz CT molecular complexity index is 645. The van der Waals surface area contributed by atoms with E-state index >= 15 is 0 Å². The molecule has 0 aliphatic heterocycles. The van der Waals surface area contributed by atoms with Gasteiger partial charge in [0.15, 0.2) is 0 Å². The first kappa shape index (κ1) is 14.4. The van der Waals surface area contributed by atoms with Gasteiger partial charge in [-0.25, -0.2) is 8.78 Å². The van der Waals surface area contributed by atoms with E-state index in [2.05, 4.69) is 21.2 Å². The van der Waals surface area contributed by atoms with Gasteiger partial charge in [-0.05, 0) is 23.8 Å². The summed E-state index contributed by atoms with van der Waals surface area (Å²) in [6.45, 7) is 0.135. The van der Waals surface area contributed by atoms with Crippen LogP contribution in [0.15, 0.2) is 40.9 Å². The Kier molecular flexibility index (Phi) is 4.29. The molecule has 0 spiro atoms. The van der Waals surface area contributed by atoms with E-state index in [0.717, 1.165) is 12.1 Å². The number of halogens is 3. The fourth-order valence-corrected chi connectivity index (χ4v) is 2.15. The summed E-state index contributed by atoms with van der Waals surface area (Å²) in [6.07, 6.45) is 0. The Balaban J connectivity index is 2.17. The first-order chi connectivity index (χ1) is 9.49. The first-order valence-corrected chi connectivity index (χ1v) is 6.39. The van der Waals surface area contributed by atoms with Crippen molar-refractivity contribution in [3.63, 3.8) is 0 Å². The smallest absolute Gasteiger partial charge is 0.270 e. The Hall–Kier alpha value is -2.02. The molecule has 0 heterocycles. The van der Waals surface area contributed by atoms with Crippen LogP contribution in [0, 0.1) is 21.7 Å². The maximum Gasteiger partial charge on any atom is 0.270 e. The summed E-state index contributed by atoms with van der Waals surface area (Å²) in [5, 5.41) is 13.2. The standard InChI is InChI=1S/C13H9BrF2N2O2/c14-10-6-9(18(19)20)5-4-8(10)7-17-13-11(15)2-1-3-12(13)16/h1-6,17H,7H2. The third kappa shape index (κ3) is 3.11. The number of benzene rings is 2. The lowest BCUT2D eigenvalue weighted by Crippen LogP contribution is -2.04. The van der Waals surface area contributed by atoms with Crippen LogP contribution in [0.5, 0.6) is 0 Å². The monoisotopic (exact) mass is 342 g/mol. The summed E-state index contributed by atoms with van der Waals surface area (Å²) in [6, 6.07) is 7.77. The largest absolute Gasteiger partial charge is 0.376 e. The molecule has 0 unspecified atom stereocenters. The molecule has 0 amide bonds. The van der Waals surface area contributed by atoms with Crippen LogP contribution in [0.1, 0.15) is 5.56 Å². The Morgan fingerprint density at radius 1 is 1.20 bits per heavy atom. The van der Waals surface area contributed by atoms with Crippen molar-refractivity contribution in [2.24, 2.45) is 0 Å². The van der Waals surface area contributed by atoms with Crippen LogP contribution in [-0.2, 0) is 6.54 Å². The van der Waals surface area contributed by atoms with Crippen LogP contribution < -0.4 is 5.32 Å². The van der Waals surface area contributed by atoms with Crippen LogP contribution in [0.25, 0.3) is 0 Å². The highest BCUT2D eigenvalue weighted by Crippen LogP contribution is 2.25. The number of anilines is 1. The number of nitrogens with one attached hydrogen (secondary N) is 1. The molecule has 104 valence electrons. The van der Waals surface area contributed by atoms with Gasteiger partial charge in [-0.3, -0.25) is 10.1 Å². The quantitative estimate of drug-likeness (QED) is 0.667. The van der Waals surface area contributed by atoms with Gasteiger partial charge in [0.25, 0.3) is 5.69 Å². The van der Waals surface area contributed by atoms with Gasteiger partial charge in [0.05, 0.1) is 4.92 Å². The minimum Gasteiger partial charge on any atom is -0.376 e. The lowest BCUT2D eigenvalue weighted by atomic mass is 10.2. The first-order valence-electron chi connectivity index (χ1n) is 5.59. The molecule has 2 rings (SSSR count). The predicted molar refractivity (Wildman–Crippen MR) is 74.5 cm³/mol. The molecular formula is C13H9BrF2N2O2. The highest BCUT2D eigenvalue weighted by Gasteiger charge is 2.11. The number of nitro groups is 1. The molecule has 2 aromatic rings. The summed E-state index contributed by atoms with van der Waals surface area (Å²) >= 11 is 3.19. The average Bonchev–Trinajstić information content (AvgIpc) is 2.39. The Labute approximate surface area is 121 Å². The van der Waals surface area contributed by atoms with Crippen molar-refractivity contribution in [2.75, 3.05) is 5.32 Å². The molecule has 0 saturated carbocycles. The number of hydrogen-bond donors (Lipinski definition) is 1. The molecule has 0 aliphatic rings. The van der Waals surface area contributed by atoms with Gasteiger partial charge in [-0.15, -0.1) is 0 Å². The average molecular weight is 343 g/mol. The van der Waals surface area contributed by atoms with E-state index in [9.17, 15) is 18.9 Å². The lowest BCUT2D eigenvalue weighted by Gasteiger charge is -2.10. The molecular weight excluding hydrogens is 334 g/mol. The summed E-state index contributed by atoms with van der Waals surface area (Å²) in [4.78, 5) is 10.1. The van der Waals surface area contributed by atoms with E-state index in [1.165, 1.54) is 24.3 Å². The zero-order chi connectivity index (χ0) is 14.7. The molecule has 0 atom stereocenters. The van der Waals surface area contributed by atoms with E-state index in [-0.39, 0.29) is 17.9 Å². The molecule has 2 aromatic carbocycles. The molecule has 0 aliphatic carbocycles. The normalized spacial score (nSPS) is 10.3. The van der Waals surface area contributed by atoms with Gasteiger partial charge in [0.2, 0.25) is 0 Å². The zero-order valence-corrected chi connectivity index (χ0v) is 11.7. The van der Waals surface area contributed by atoms with Gasteiger partial charge >= 0.3 is 0 Å². The second-order valence-corrected chi connectivity index (χ2v) is 4.84. The number of nitro benzene ring substituents is 1. The van der Waals surface area contributed by atoms with Gasteiger partial charge in [0, 0.05) is 23.2 Å². The number of hydrogen-bond acceptors (Lipinski definition) is 3. The highest BCUT2D eigenvalue weighted by atomic mass is 79.9. The van der Waals surface area contributed by atoms with Gasteiger partial charge in [-0.1, -0.05) is 22.0 Å². The molecule has 0 bridgehead atoms. The zero-order valence-electron chi connectivity index (χ0n) is 10.1. The molecule has 7 heteroatoms. The fourth-order valence-electron chi connectivity index (χ4n) is 1.64. The van der Waals surface area contributed by atoms with E-state index in [4.69, 9.17) is 0 Å². The summed E-state index contributed by atoms with van der Waals surface area (Å²) in [7, 11) is 0. The summed E-state index contributed by atoms with van der Waals surface area (Å²) in [5.41, 5.74) is 0.369. The molecule has 0 aromatic heterocycles. The summed E-state index contributed by atoms with van der Waals surface area (Å²) in [5.74, 6) is -1.38. The van der Waals surface area contributed by atoms with Crippen LogP contribution in [0.2, 0.25) is 0 Å². The minimum atomic E-state index is -0.692. The number of rotatable bonds is 4. The van der Waals surface area contributed by atoms with Crippen molar-refractivity contribution in [2.45, 2.75) is 6.54 Å². The Morgan fingerprint density at radius 3 is 2.40 bits per heavy atom. The molecule has 0 fully saturated rings. The fraction of sp³-hybridized carbons (Fsp3) is 0.0769. The van der Waals surface area contributed by atoms with Crippen LogP contribution in [0.4, 0.5) is 20.2 Å². The van der Waals surface area contributed by atoms with Crippen molar-refractivity contribution < 1.29 is 13.7 Å². The second-order valence-electron chi connectivity index (χ2n) is 3.98.